The quantitative estimate of drug-likeness (QED) is 0.636. The number of rotatable bonds is 5. The van der Waals surface area contributed by atoms with E-state index in [9.17, 15) is 9.59 Å². The van der Waals surface area contributed by atoms with Gasteiger partial charge in [-0.2, -0.15) is 0 Å². The minimum Gasteiger partial charge on any atom is -0.481 e. The van der Waals surface area contributed by atoms with Gasteiger partial charge in [0.05, 0.1) is 19.6 Å². The Hall–Kier alpha value is -1.10. The van der Waals surface area contributed by atoms with E-state index in [-0.39, 0.29) is 12.5 Å². The normalized spacial score (nSPS) is 12.6. The van der Waals surface area contributed by atoms with Crippen LogP contribution in [0.5, 0.6) is 0 Å². The first kappa shape index (κ1) is 11.9. The fraction of sp³-hybridized carbons (Fsp3) is 0.750. The molecule has 1 atom stereocenters. The minimum atomic E-state index is -1.09. The van der Waals surface area contributed by atoms with Crippen molar-refractivity contribution in [1.29, 1.82) is 0 Å². The summed E-state index contributed by atoms with van der Waals surface area (Å²) in [4.78, 5) is 21.3. The number of ether oxygens (including phenoxy) is 2. The second-order valence-electron chi connectivity index (χ2n) is 2.79. The molecule has 5 nitrogen and oxygen atoms in total. The zero-order valence-corrected chi connectivity index (χ0v) is 7.94. The maximum atomic E-state index is 11.0. The molecule has 0 rings (SSSR count). The first-order chi connectivity index (χ1) is 5.97. The van der Waals surface area contributed by atoms with E-state index in [1.165, 1.54) is 7.11 Å². The zero-order valence-electron chi connectivity index (χ0n) is 7.94. The van der Waals surface area contributed by atoms with E-state index < -0.39 is 18.0 Å². The molecule has 1 N–H and O–H groups in total. The number of hydrogen-bond donors (Lipinski definition) is 1. The van der Waals surface area contributed by atoms with E-state index in [2.05, 4.69) is 4.74 Å². The van der Waals surface area contributed by atoms with Crippen LogP contribution in [0.15, 0.2) is 0 Å². The largest absolute Gasteiger partial charge is 0.481 e. The van der Waals surface area contributed by atoms with Crippen molar-refractivity contribution < 1.29 is 24.2 Å². The SMILES string of the molecule is COC(=O)C(CC(=O)O)OC(C)C. The third-order valence-electron chi connectivity index (χ3n) is 1.26. The van der Waals surface area contributed by atoms with Crippen LogP contribution in [0, 0.1) is 0 Å². The minimum absolute atomic E-state index is 0.205. The lowest BCUT2D eigenvalue weighted by Gasteiger charge is -2.15. The van der Waals surface area contributed by atoms with E-state index in [1.807, 2.05) is 0 Å². The molecule has 0 spiro atoms. The van der Waals surface area contributed by atoms with Crippen LogP contribution in [0.4, 0.5) is 0 Å². The van der Waals surface area contributed by atoms with Crippen molar-refractivity contribution in [2.24, 2.45) is 0 Å². The molecule has 0 aliphatic heterocycles. The number of carbonyl (C=O) groups is 2. The molecule has 0 radical (unpaired) electrons. The van der Waals surface area contributed by atoms with Crippen molar-refractivity contribution in [3.8, 4) is 0 Å². The van der Waals surface area contributed by atoms with Gasteiger partial charge in [0.25, 0.3) is 0 Å². The lowest BCUT2D eigenvalue weighted by molar-refractivity contribution is -0.162. The molecule has 0 fully saturated rings. The van der Waals surface area contributed by atoms with Crippen LogP contribution < -0.4 is 0 Å². The molecule has 76 valence electrons. The van der Waals surface area contributed by atoms with Crippen LogP contribution in [0.1, 0.15) is 20.3 Å². The molecule has 0 aromatic heterocycles. The summed E-state index contributed by atoms with van der Waals surface area (Å²) in [6, 6.07) is 0. The summed E-state index contributed by atoms with van der Waals surface area (Å²) >= 11 is 0. The lowest BCUT2D eigenvalue weighted by atomic mass is 10.2. The molecule has 0 aliphatic carbocycles. The van der Waals surface area contributed by atoms with Gasteiger partial charge in [-0.25, -0.2) is 4.79 Å². The Bertz CT molecular complexity index is 187. The molecule has 0 saturated heterocycles. The number of carboxylic acids is 1. The topological polar surface area (TPSA) is 72.8 Å². The van der Waals surface area contributed by atoms with Crippen LogP contribution in [0.3, 0.4) is 0 Å². The number of carboxylic acid groups (broad SMARTS) is 1. The maximum Gasteiger partial charge on any atom is 0.335 e. The monoisotopic (exact) mass is 190 g/mol. The summed E-state index contributed by atoms with van der Waals surface area (Å²) in [6.07, 6.45) is -1.59. The molecular formula is C8H14O5. The van der Waals surface area contributed by atoms with Crippen molar-refractivity contribution >= 4 is 11.9 Å². The van der Waals surface area contributed by atoms with Gasteiger partial charge < -0.3 is 14.6 Å². The zero-order chi connectivity index (χ0) is 10.4. The molecule has 0 aromatic carbocycles. The average Bonchev–Trinajstić information content (AvgIpc) is 2.00. The number of hydrogen-bond acceptors (Lipinski definition) is 4. The summed E-state index contributed by atoms with van der Waals surface area (Å²) < 4.78 is 9.45. The molecule has 5 heteroatoms. The fourth-order valence-corrected chi connectivity index (χ4v) is 0.806. The first-order valence-corrected chi connectivity index (χ1v) is 3.92. The van der Waals surface area contributed by atoms with Crippen molar-refractivity contribution in [3.63, 3.8) is 0 Å². The van der Waals surface area contributed by atoms with Crippen molar-refractivity contribution in [2.45, 2.75) is 32.5 Å². The molecule has 0 amide bonds. The highest BCUT2D eigenvalue weighted by Gasteiger charge is 2.24. The summed E-state index contributed by atoms with van der Waals surface area (Å²) in [5, 5.41) is 8.45. The lowest BCUT2D eigenvalue weighted by Crippen LogP contribution is -2.30. The number of methoxy groups -OCH3 is 1. The number of aliphatic carboxylic acids is 1. The van der Waals surface area contributed by atoms with E-state index in [0.717, 1.165) is 0 Å². The van der Waals surface area contributed by atoms with Gasteiger partial charge >= 0.3 is 11.9 Å². The van der Waals surface area contributed by atoms with E-state index in [0.29, 0.717) is 0 Å². The van der Waals surface area contributed by atoms with Gasteiger partial charge in [-0.15, -0.1) is 0 Å². The second kappa shape index (κ2) is 5.53. The molecule has 13 heavy (non-hydrogen) atoms. The van der Waals surface area contributed by atoms with Gasteiger partial charge in [-0.1, -0.05) is 0 Å². The Morgan fingerprint density at radius 2 is 1.92 bits per heavy atom. The first-order valence-electron chi connectivity index (χ1n) is 3.92. The highest BCUT2D eigenvalue weighted by molar-refractivity contribution is 5.80. The number of carbonyl (C=O) groups excluding carboxylic acids is 1. The Morgan fingerprint density at radius 3 is 2.23 bits per heavy atom. The summed E-state index contributed by atoms with van der Waals surface area (Å²) in [6.45, 7) is 3.44. The van der Waals surface area contributed by atoms with Gasteiger partial charge in [0.2, 0.25) is 0 Å². The van der Waals surface area contributed by atoms with Gasteiger partial charge in [-0.05, 0) is 13.8 Å². The van der Waals surface area contributed by atoms with Crippen LogP contribution >= 0.6 is 0 Å². The third kappa shape index (κ3) is 5.19. The van der Waals surface area contributed by atoms with Crippen LogP contribution in [0.2, 0.25) is 0 Å². The smallest absolute Gasteiger partial charge is 0.335 e. The number of esters is 1. The van der Waals surface area contributed by atoms with Crippen LogP contribution in [0.25, 0.3) is 0 Å². The standard InChI is InChI=1S/C8H14O5/c1-5(2)13-6(4-7(9)10)8(11)12-3/h5-6H,4H2,1-3H3,(H,9,10). The van der Waals surface area contributed by atoms with E-state index in [4.69, 9.17) is 9.84 Å². The highest BCUT2D eigenvalue weighted by Crippen LogP contribution is 2.04. The summed E-state index contributed by atoms with van der Waals surface area (Å²) in [7, 11) is 1.20. The van der Waals surface area contributed by atoms with Gasteiger partial charge in [0.15, 0.2) is 6.10 Å². The highest BCUT2D eigenvalue weighted by atomic mass is 16.6. The summed E-state index contributed by atoms with van der Waals surface area (Å²) in [5.74, 6) is -1.74. The maximum absolute atomic E-state index is 11.0. The van der Waals surface area contributed by atoms with Crippen molar-refractivity contribution in [2.75, 3.05) is 7.11 Å². The molecule has 0 bridgehead atoms. The molecule has 0 saturated carbocycles. The Kier molecular flexibility index (Phi) is 5.06. The average molecular weight is 190 g/mol. The van der Waals surface area contributed by atoms with Crippen molar-refractivity contribution in [3.05, 3.63) is 0 Å². The van der Waals surface area contributed by atoms with Crippen molar-refractivity contribution in [1.82, 2.24) is 0 Å². The molecule has 0 aromatic rings. The van der Waals surface area contributed by atoms with Gasteiger partial charge in [-0.3, -0.25) is 4.79 Å². The predicted molar refractivity (Wildman–Crippen MR) is 44.3 cm³/mol. The fourth-order valence-electron chi connectivity index (χ4n) is 0.806. The predicted octanol–water partition coefficient (Wildman–Crippen LogP) is 0.428. The molecular weight excluding hydrogens is 176 g/mol. The third-order valence-corrected chi connectivity index (χ3v) is 1.26. The molecule has 0 heterocycles. The van der Waals surface area contributed by atoms with E-state index in [1.54, 1.807) is 13.8 Å². The molecule has 1 unspecified atom stereocenters. The Morgan fingerprint density at radius 1 is 1.38 bits per heavy atom. The van der Waals surface area contributed by atoms with Gasteiger partial charge in [0.1, 0.15) is 0 Å². The second-order valence-corrected chi connectivity index (χ2v) is 2.79. The van der Waals surface area contributed by atoms with Crippen LogP contribution in [-0.2, 0) is 19.1 Å². The van der Waals surface area contributed by atoms with Crippen LogP contribution in [-0.4, -0.2) is 36.4 Å². The molecule has 0 aliphatic rings. The Labute approximate surface area is 76.6 Å². The van der Waals surface area contributed by atoms with E-state index >= 15 is 0 Å². The summed E-state index contributed by atoms with van der Waals surface area (Å²) in [5.41, 5.74) is 0. The van der Waals surface area contributed by atoms with Gasteiger partial charge in [0, 0.05) is 0 Å². The Balaban J connectivity index is 4.18.